The lowest BCUT2D eigenvalue weighted by molar-refractivity contribution is -0.152. The van der Waals surface area contributed by atoms with Crippen molar-refractivity contribution in [2.24, 2.45) is 5.41 Å². The van der Waals surface area contributed by atoms with E-state index in [1.54, 1.807) is 0 Å². The molecule has 0 radical (unpaired) electrons. The SMILES string of the molecule is CCC[C@H](O[Si](C)(C)C(C)(C)C)C(C)O[C@@H]1CCCC(=O)C1(C)C. The molecule has 1 rings (SSSR count). The van der Waals surface area contributed by atoms with Crippen molar-refractivity contribution in [3.63, 3.8) is 0 Å². The van der Waals surface area contributed by atoms with Crippen molar-refractivity contribution in [2.45, 2.75) is 117 Å². The molecule has 0 bridgehead atoms. The molecule has 4 heteroatoms. The van der Waals surface area contributed by atoms with Gasteiger partial charge in [0.25, 0.3) is 0 Å². The summed E-state index contributed by atoms with van der Waals surface area (Å²) in [6.45, 7) is 19.8. The maximum absolute atomic E-state index is 12.3. The third-order valence-corrected chi connectivity index (χ3v) is 10.6. The van der Waals surface area contributed by atoms with Crippen LogP contribution < -0.4 is 0 Å². The number of carbonyl (C=O) groups excluding carboxylic acids is 1. The van der Waals surface area contributed by atoms with E-state index in [2.05, 4.69) is 47.7 Å². The van der Waals surface area contributed by atoms with Crippen molar-refractivity contribution in [1.82, 2.24) is 0 Å². The monoisotopic (exact) mass is 356 g/mol. The van der Waals surface area contributed by atoms with Crippen LogP contribution in [0.1, 0.15) is 80.6 Å². The van der Waals surface area contributed by atoms with E-state index >= 15 is 0 Å². The average molecular weight is 357 g/mol. The van der Waals surface area contributed by atoms with Crippen LogP contribution in [0.4, 0.5) is 0 Å². The predicted molar refractivity (Wildman–Crippen MR) is 104 cm³/mol. The molecule has 1 unspecified atom stereocenters. The van der Waals surface area contributed by atoms with Gasteiger partial charge in [0.15, 0.2) is 8.32 Å². The highest BCUT2D eigenvalue weighted by Crippen LogP contribution is 2.40. The van der Waals surface area contributed by atoms with E-state index in [9.17, 15) is 4.79 Å². The number of Topliss-reactive ketones (excluding diaryl/α,β-unsaturated/α-hetero) is 1. The summed E-state index contributed by atoms with van der Waals surface area (Å²) in [5.41, 5.74) is -0.375. The second-order valence-corrected chi connectivity index (χ2v) is 14.3. The molecule has 0 N–H and O–H groups in total. The van der Waals surface area contributed by atoms with Crippen LogP contribution in [-0.4, -0.2) is 32.4 Å². The first-order valence-electron chi connectivity index (χ1n) is 9.69. The Balaban J connectivity index is 2.83. The summed E-state index contributed by atoms with van der Waals surface area (Å²) in [5.74, 6) is 0.336. The maximum Gasteiger partial charge on any atom is 0.192 e. The summed E-state index contributed by atoms with van der Waals surface area (Å²) < 4.78 is 13.1. The van der Waals surface area contributed by atoms with Crippen molar-refractivity contribution < 1.29 is 14.0 Å². The highest BCUT2D eigenvalue weighted by molar-refractivity contribution is 6.74. The number of carbonyl (C=O) groups is 1. The smallest absolute Gasteiger partial charge is 0.192 e. The summed E-state index contributed by atoms with van der Waals surface area (Å²) in [6, 6.07) is 0. The first-order chi connectivity index (χ1) is 10.8. The minimum absolute atomic E-state index is 0.0103. The second kappa shape index (κ2) is 8.01. The Morgan fingerprint density at radius 3 is 2.38 bits per heavy atom. The fourth-order valence-corrected chi connectivity index (χ4v) is 4.54. The normalized spacial score (nSPS) is 24.7. The number of hydrogen-bond donors (Lipinski definition) is 0. The molecule has 0 aromatic rings. The quantitative estimate of drug-likeness (QED) is 0.546. The molecule has 3 nitrogen and oxygen atoms in total. The standard InChI is InChI=1S/C20H40O3Si/c1-10-12-16(23-24(8,9)19(3,4)5)15(2)22-18-14-11-13-17(21)20(18,6)7/h15-16,18H,10-14H2,1-9H3/t15?,16-,18+/m0/s1. The van der Waals surface area contributed by atoms with Crippen LogP contribution in [0.15, 0.2) is 0 Å². The largest absolute Gasteiger partial charge is 0.411 e. The first kappa shape index (κ1) is 21.8. The minimum Gasteiger partial charge on any atom is -0.411 e. The number of rotatable bonds is 7. The Morgan fingerprint density at radius 2 is 1.88 bits per heavy atom. The van der Waals surface area contributed by atoms with Crippen molar-refractivity contribution in [2.75, 3.05) is 0 Å². The molecule has 0 aromatic carbocycles. The van der Waals surface area contributed by atoms with E-state index in [4.69, 9.17) is 9.16 Å². The Bertz CT molecular complexity index is 423. The van der Waals surface area contributed by atoms with Gasteiger partial charge in [-0.05, 0) is 44.3 Å². The molecular weight excluding hydrogens is 316 g/mol. The highest BCUT2D eigenvalue weighted by Gasteiger charge is 2.43. The minimum atomic E-state index is -1.83. The highest BCUT2D eigenvalue weighted by atomic mass is 28.4. The van der Waals surface area contributed by atoms with Gasteiger partial charge in [-0.2, -0.15) is 0 Å². The lowest BCUT2D eigenvalue weighted by Gasteiger charge is -2.43. The summed E-state index contributed by atoms with van der Waals surface area (Å²) >= 11 is 0. The van der Waals surface area contributed by atoms with Gasteiger partial charge in [0.2, 0.25) is 0 Å². The van der Waals surface area contributed by atoms with Crippen molar-refractivity contribution >= 4 is 14.1 Å². The molecule has 0 spiro atoms. The predicted octanol–water partition coefficient (Wildman–Crippen LogP) is 5.73. The molecule has 3 atom stereocenters. The van der Waals surface area contributed by atoms with Gasteiger partial charge in [-0.1, -0.05) is 48.0 Å². The van der Waals surface area contributed by atoms with E-state index < -0.39 is 8.32 Å². The van der Waals surface area contributed by atoms with Gasteiger partial charge in [0.05, 0.1) is 18.3 Å². The Morgan fingerprint density at radius 1 is 1.29 bits per heavy atom. The van der Waals surface area contributed by atoms with Crippen LogP contribution in [0, 0.1) is 5.41 Å². The molecule has 1 aliphatic rings. The van der Waals surface area contributed by atoms with Crippen LogP contribution in [-0.2, 0) is 14.0 Å². The lowest BCUT2D eigenvalue weighted by atomic mass is 9.73. The molecule has 0 aromatic heterocycles. The van der Waals surface area contributed by atoms with Crippen molar-refractivity contribution in [3.8, 4) is 0 Å². The molecule has 0 amide bonds. The van der Waals surface area contributed by atoms with E-state index in [-0.39, 0.29) is 28.8 Å². The zero-order valence-corrected chi connectivity index (χ0v) is 18.5. The molecule has 0 heterocycles. The van der Waals surface area contributed by atoms with Gasteiger partial charge in [-0.25, -0.2) is 0 Å². The third-order valence-electron chi connectivity index (χ3n) is 6.12. The van der Waals surface area contributed by atoms with Gasteiger partial charge in [-0.15, -0.1) is 0 Å². The van der Waals surface area contributed by atoms with E-state index in [1.807, 2.05) is 13.8 Å². The molecule has 1 saturated carbocycles. The Hall–Kier alpha value is -0.193. The first-order valence-corrected chi connectivity index (χ1v) is 12.6. The number of ether oxygens (including phenoxy) is 1. The molecule has 0 saturated heterocycles. The molecular formula is C20H40O3Si. The summed E-state index contributed by atoms with van der Waals surface area (Å²) in [4.78, 5) is 12.3. The molecule has 24 heavy (non-hydrogen) atoms. The maximum atomic E-state index is 12.3. The van der Waals surface area contributed by atoms with Gasteiger partial charge in [-0.3, -0.25) is 4.79 Å². The van der Waals surface area contributed by atoms with Gasteiger partial charge in [0, 0.05) is 11.8 Å². The zero-order chi connectivity index (χ0) is 18.8. The summed E-state index contributed by atoms with van der Waals surface area (Å²) in [5, 5.41) is 0.193. The second-order valence-electron chi connectivity index (χ2n) is 9.57. The molecule has 0 aliphatic heterocycles. The van der Waals surface area contributed by atoms with Crippen LogP contribution in [0.5, 0.6) is 0 Å². The van der Waals surface area contributed by atoms with Gasteiger partial charge < -0.3 is 9.16 Å². The fraction of sp³-hybridized carbons (Fsp3) is 0.950. The van der Waals surface area contributed by atoms with E-state index in [0.717, 1.165) is 25.7 Å². The lowest BCUT2D eigenvalue weighted by Crippen LogP contribution is -2.50. The van der Waals surface area contributed by atoms with E-state index in [1.165, 1.54) is 0 Å². The van der Waals surface area contributed by atoms with Crippen LogP contribution >= 0.6 is 0 Å². The van der Waals surface area contributed by atoms with Crippen LogP contribution in [0.25, 0.3) is 0 Å². The zero-order valence-electron chi connectivity index (χ0n) is 17.5. The third kappa shape index (κ3) is 5.15. The summed E-state index contributed by atoms with van der Waals surface area (Å²) in [7, 11) is -1.83. The van der Waals surface area contributed by atoms with Gasteiger partial charge >= 0.3 is 0 Å². The summed E-state index contributed by atoms with van der Waals surface area (Å²) in [6.07, 6.45) is 4.85. The molecule has 142 valence electrons. The Labute approximate surface area is 151 Å². The van der Waals surface area contributed by atoms with Gasteiger partial charge in [0.1, 0.15) is 5.78 Å². The van der Waals surface area contributed by atoms with Crippen molar-refractivity contribution in [1.29, 1.82) is 0 Å². The number of hydrogen-bond acceptors (Lipinski definition) is 3. The molecule has 1 aliphatic carbocycles. The van der Waals surface area contributed by atoms with Crippen LogP contribution in [0.2, 0.25) is 18.1 Å². The fourth-order valence-electron chi connectivity index (χ4n) is 3.12. The van der Waals surface area contributed by atoms with E-state index in [0.29, 0.717) is 12.2 Å². The topological polar surface area (TPSA) is 35.5 Å². The van der Waals surface area contributed by atoms with Crippen LogP contribution in [0.3, 0.4) is 0 Å². The average Bonchev–Trinajstić information content (AvgIpc) is 2.42. The van der Waals surface area contributed by atoms with Crippen molar-refractivity contribution in [3.05, 3.63) is 0 Å². The molecule has 1 fully saturated rings. The Kier molecular flexibility index (Phi) is 7.29. The number of ketones is 1.